The first-order valence-electron chi connectivity index (χ1n) is 12.3. The van der Waals surface area contributed by atoms with Crippen LogP contribution in [0.15, 0.2) is 67.0 Å². The van der Waals surface area contributed by atoms with E-state index in [0.717, 1.165) is 39.0 Å². The standard InChI is InChI=1S/C29H30N4O4/c1-29(2,3)33(28(35)36)16-19-4-6-20(7-5-19)27(34)32-12-13-37-26-11-9-21(14-23(26)17-32)22-8-10-24-25(15-22)31-18-30-24/h4-11,14-15,18H,12-13,16-17H2,1-3H3,(H,30,31)(H,35,36). The highest BCUT2D eigenvalue weighted by atomic mass is 16.5. The maximum Gasteiger partial charge on any atom is 0.408 e. The molecule has 2 amide bonds. The number of rotatable bonds is 4. The number of nitrogens with zero attached hydrogens (tertiary/aromatic N) is 3. The van der Waals surface area contributed by atoms with Gasteiger partial charge in [0.1, 0.15) is 12.4 Å². The Kier molecular flexibility index (Phi) is 6.33. The van der Waals surface area contributed by atoms with Crippen LogP contribution in [0.2, 0.25) is 0 Å². The number of aromatic nitrogens is 2. The zero-order valence-corrected chi connectivity index (χ0v) is 21.2. The van der Waals surface area contributed by atoms with Crippen LogP contribution >= 0.6 is 0 Å². The second kappa shape index (κ2) is 9.61. The first-order valence-corrected chi connectivity index (χ1v) is 12.3. The number of nitrogens with one attached hydrogen (secondary N) is 1. The van der Waals surface area contributed by atoms with E-state index in [1.54, 1.807) is 23.4 Å². The normalized spacial score (nSPS) is 13.5. The molecule has 4 aromatic rings. The van der Waals surface area contributed by atoms with Gasteiger partial charge in [-0.1, -0.05) is 24.3 Å². The van der Waals surface area contributed by atoms with Crippen LogP contribution in [-0.2, 0) is 13.1 Å². The SMILES string of the molecule is CC(C)(C)N(Cc1ccc(C(=O)N2CCOc3ccc(-c4ccc5nc[nH]c5c4)cc3C2)cc1)C(=O)O. The third kappa shape index (κ3) is 5.14. The number of carbonyl (C=O) groups is 2. The third-order valence-electron chi connectivity index (χ3n) is 6.66. The van der Waals surface area contributed by atoms with Crippen molar-refractivity contribution >= 4 is 23.0 Å². The van der Waals surface area contributed by atoms with E-state index in [1.165, 1.54) is 4.90 Å². The Labute approximate surface area is 215 Å². The second-order valence-electron chi connectivity index (χ2n) is 10.3. The number of hydrogen-bond donors (Lipinski definition) is 2. The van der Waals surface area contributed by atoms with Crippen LogP contribution in [0.1, 0.15) is 42.3 Å². The van der Waals surface area contributed by atoms with Gasteiger partial charge in [0.2, 0.25) is 0 Å². The summed E-state index contributed by atoms with van der Waals surface area (Å²) in [5.74, 6) is 0.700. The first-order chi connectivity index (χ1) is 17.7. The summed E-state index contributed by atoms with van der Waals surface area (Å²) < 4.78 is 5.96. The Hall–Kier alpha value is -4.33. The molecule has 0 saturated carbocycles. The molecule has 0 bridgehead atoms. The van der Waals surface area contributed by atoms with Gasteiger partial charge in [-0.05, 0) is 73.9 Å². The van der Waals surface area contributed by atoms with Crippen LogP contribution in [0.3, 0.4) is 0 Å². The van der Waals surface area contributed by atoms with E-state index in [9.17, 15) is 14.7 Å². The summed E-state index contributed by atoms with van der Waals surface area (Å²) in [4.78, 5) is 35.7. The predicted molar refractivity (Wildman–Crippen MR) is 142 cm³/mol. The number of imidazole rings is 1. The molecule has 1 aliphatic rings. The maximum absolute atomic E-state index is 13.4. The van der Waals surface area contributed by atoms with Gasteiger partial charge in [0.05, 0.1) is 23.9 Å². The molecule has 2 N–H and O–H groups in total. The summed E-state index contributed by atoms with van der Waals surface area (Å²) >= 11 is 0. The van der Waals surface area contributed by atoms with E-state index < -0.39 is 11.6 Å². The van der Waals surface area contributed by atoms with Crippen LogP contribution in [-0.4, -0.2) is 55.6 Å². The second-order valence-corrected chi connectivity index (χ2v) is 10.3. The zero-order chi connectivity index (χ0) is 26.2. The number of hydrogen-bond acceptors (Lipinski definition) is 4. The van der Waals surface area contributed by atoms with Crippen molar-refractivity contribution < 1.29 is 19.4 Å². The molecule has 1 aliphatic heterocycles. The third-order valence-corrected chi connectivity index (χ3v) is 6.66. The van der Waals surface area contributed by atoms with Crippen LogP contribution in [0.25, 0.3) is 22.2 Å². The lowest BCUT2D eigenvalue weighted by molar-refractivity contribution is 0.0732. The minimum atomic E-state index is -0.972. The largest absolute Gasteiger partial charge is 0.491 e. The van der Waals surface area contributed by atoms with Gasteiger partial charge in [0, 0.05) is 29.8 Å². The summed E-state index contributed by atoms with van der Waals surface area (Å²) in [5, 5.41) is 9.57. The summed E-state index contributed by atoms with van der Waals surface area (Å²) in [6, 6.07) is 19.3. The van der Waals surface area contributed by atoms with Gasteiger partial charge in [-0.2, -0.15) is 0 Å². The average molecular weight is 499 g/mol. The minimum absolute atomic E-state index is 0.0850. The van der Waals surface area contributed by atoms with Gasteiger partial charge >= 0.3 is 6.09 Å². The Morgan fingerprint density at radius 1 is 1.05 bits per heavy atom. The molecule has 0 radical (unpaired) electrons. The monoisotopic (exact) mass is 498 g/mol. The molecule has 1 aromatic heterocycles. The maximum atomic E-state index is 13.4. The van der Waals surface area contributed by atoms with E-state index in [-0.39, 0.29) is 12.5 Å². The number of fused-ring (bicyclic) bond motifs is 2. The van der Waals surface area contributed by atoms with Crippen molar-refractivity contribution in [2.75, 3.05) is 13.2 Å². The fraction of sp³-hybridized carbons (Fsp3) is 0.276. The van der Waals surface area contributed by atoms with Crippen molar-refractivity contribution in [3.05, 3.63) is 83.7 Å². The van der Waals surface area contributed by atoms with Crippen molar-refractivity contribution in [2.24, 2.45) is 0 Å². The Balaban J connectivity index is 1.34. The Morgan fingerprint density at radius 3 is 2.51 bits per heavy atom. The molecule has 8 heteroatoms. The minimum Gasteiger partial charge on any atom is -0.491 e. The summed E-state index contributed by atoms with van der Waals surface area (Å²) in [5.41, 5.74) is 5.80. The van der Waals surface area contributed by atoms with Crippen molar-refractivity contribution in [2.45, 2.75) is 39.4 Å². The number of aromatic amines is 1. The molecule has 190 valence electrons. The molecule has 2 heterocycles. The van der Waals surface area contributed by atoms with Crippen LogP contribution < -0.4 is 4.74 Å². The van der Waals surface area contributed by atoms with Crippen molar-refractivity contribution in [1.82, 2.24) is 19.8 Å². The van der Waals surface area contributed by atoms with Crippen molar-refractivity contribution in [3.8, 4) is 16.9 Å². The highest BCUT2D eigenvalue weighted by Crippen LogP contribution is 2.31. The van der Waals surface area contributed by atoms with Crippen LogP contribution in [0.5, 0.6) is 5.75 Å². The number of carbonyl (C=O) groups excluding carboxylic acids is 1. The van der Waals surface area contributed by atoms with E-state index in [0.29, 0.717) is 25.3 Å². The highest BCUT2D eigenvalue weighted by Gasteiger charge is 2.26. The van der Waals surface area contributed by atoms with Gasteiger partial charge in [0.25, 0.3) is 5.91 Å². The number of ether oxygens (including phenoxy) is 1. The number of carboxylic acid groups (broad SMARTS) is 1. The lowest BCUT2D eigenvalue weighted by Gasteiger charge is -2.33. The Morgan fingerprint density at radius 2 is 1.78 bits per heavy atom. The smallest absolute Gasteiger partial charge is 0.408 e. The molecule has 0 spiro atoms. The van der Waals surface area contributed by atoms with Crippen molar-refractivity contribution in [1.29, 1.82) is 0 Å². The van der Waals surface area contributed by atoms with Gasteiger partial charge in [-0.3, -0.25) is 9.69 Å². The quantitative estimate of drug-likeness (QED) is 0.385. The zero-order valence-electron chi connectivity index (χ0n) is 21.2. The molecule has 0 aliphatic carbocycles. The highest BCUT2D eigenvalue weighted by molar-refractivity contribution is 5.94. The molecular weight excluding hydrogens is 468 g/mol. The van der Waals surface area contributed by atoms with E-state index in [1.807, 2.05) is 57.2 Å². The van der Waals surface area contributed by atoms with E-state index in [4.69, 9.17) is 4.74 Å². The molecular formula is C29H30N4O4. The van der Waals surface area contributed by atoms with E-state index in [2.05, 4.69) is 22.1 Å². The number of benzene rings is 3. The van der Waals surface area contributed by atoms with Gasteiger partial charge < -0.3 is 19.7 Å². The van der Waals surface area contributed by atoms with Crippen molar-refractivity contribution in [3.63, 3.8) is 0 Å². The molecule has 3 aromatic carbocycles. The summed E-state index contributed by atoms with van der Waals surface area (Å²) in [6.45, 7) is 7.16. The molecule has 37 heavy (non-hydrogen) atoms. The molecule has 8 nitrogen and oxygen atoms in total. The topological polar surface area (TPSA) is 98.8 Å². The number of H-pyrrole nitrogens is 1. The first kappa shape index (κ1) is 24.4. The molecule has 0 fully saturated rings. The molecule has 0 atom stereocenters. The molecule has 5 rings (SSSR count). The lowest BCUT2D eigenvalue weighted by Crippen LogP contribution is -2.44. The van der Waals surface area contributed by atoms with Crippen LogP contribution in [0, 0.1) is 0 Å². The predicted octanol–water partition coefficient (Wildman–Crippen LogP) is 5.54. The Bertz CT molecular complexity index is 1450. The van der Waals surface area contributed by atoms with Gasteiger partial charge in [0.15, 0.2) is 0 Å². The fourth-order valence-corrected chi connectivity index (χ4v) is 4.57. The summed E-state index contributed by atoms with van der Waals surface area (Å²) in [6.07, 6.45) is 0.710. The summed E-state index contributed by atoms with van der Waals surface area (Å²) in [7, 11) is 0. The number of amides is 2. The fourth-order valence-electron chi connectivity index (χ4n) is 4.57. The molecule has 0 saturated heterocycles. The van der Waals surface area contributed by atoms with E-state index >= 15 is 0 Å². The average Bonchev–Trinajstić information content (AvgIpc) is 3.24. The van der Waals surface area contributed by atoms with Gasteiger partial charge in [-0.15, -0.1) is 0 Å². The van der Waals surface area contributed by atoms with Crippen LogP contribution in [0.4, 0.5) is 4.79 Å². The molecule has 0 unspecified atom stereocenters. The van der Waals surface area contributed by atoms with Gasteiger partial charge in [-0.25, -0.2) is 9.78 Å². The lowest BCUT2D eigenvalue weighted by atomic mass is 10.0.